The van der Waals surface area contributed by atoms with E-state index >= 15 is 0 Å². The number of hydrogen-bond donors (Lipinski definition) is 2. The lowest BCUT2D eigenvalue weighted by molar-refractivity contribution is 0.220. The van der Waals surface area contributed by atoms with Crippen molar-refractivity contribution in [2.75, 3.05) is 23.8 Å². The van der Waals surface area contributed by atoms with Gasteiger partial charge in [0.05, 0.1) is 33.9 Å². The van der Waals surface area contributed by atoms with Crippen molar-refractivity contribution < 1.29 is 4.43 Å². The number of rotatable bonds is 9. The van der Waals surface area contributed by atoms with Crippen molar-refractivity contribution in [3.63, 3.8) is 0 Å². The van der Waals surface area contributed by atoms with Crippen LogP contribution in [0.25, 0.3) is 11.3 Å². The van der Waals surface area contributed by atoms with E-state index in [1.807, 2.05) is 12.1 Å². The molecule has 3 heterocycles. The molecule has 4 rings (SSSR count). The molecular formula is C31H39N7OSi. The summed E-state index contributed by atoms with van der Waals surface area (Å²) < 4.78 is 6.65. The molecule has 40 heavy (non-hydrogen) atoms. The zero-order valence-electron chi connectivity index (χ0n) is 24.6. The molecule has 1 aliphatic rings. The predicted molar refractivity (Wildman–Crippen MR) is 162 cm³/mol. The number of aryl methyl sites for hydroxylation is 1. The van der Waals surface area contributed by atoms with E-state index in [0.29, 0.717) is 35.9 Å². The highest BCUT2D eigenvalue weighted by Gasteiger charge is 2.42. The predicted octanol–water partition coefficient (Wildman–Crippen LogP) is 7.07. The topological polar surface area (TPSA) is 120 Å². The fraction of sp³-hybridized carbons (Fsp3) is 0.452. The van der Waals surface area contributed by atoms with Gasteiger partial charge < -0.3 is 15.1 Å². The third-order valence-corrected chi connectivity index (χ3v) is 12.7. The summed E-state index contributed by atoms with van der Waals surface area (Å²) in [6, 6.07) is 12.2. The molecule has 0 saturated heterocycles. The van der Waals surface area contributed by atoms with Crippen LogP contribution in [0.5, 0.6) is 0 Å². The standard InChI is InChI=1S/C31H39N7OSi/c1-8-9-10-26-27(13-21(16-32)18-35-26)38-29-34-12-11-25(37-29)22-14-23(17-33)28-24(15-22)31(5,19-36-28)20-39-40(6,7)30(2,3)4/h11-15,18,36H,8-10,19-20H2,1-7H3,(H,34,37,38)/t31-/m1/s1. The third kappa shape index (κ3) is 6.01. The third-order valence-electron chi connectivity index (χ3n) is 8.19. The fourth-order valence-corrected chi connectivity index (χ4v) is 5.63. The van der Waals surface area contributed by atoms with Gasteiger partial charge in [0.1, 0.15) is 12.1 Å². The highest BCUT2D eigenvalue weighted by atomic mass is 28.4. The molecule has 1 atom stereocenters. The first kappa shape index (κ1) is 29.2. The molecule has 0 radical (unpaired) electrons. The van der Waals surface area contributed by atoms with Crippen LogP contribution in [-0.2, 0) is 16.3 Å². The summed E-state index contributed by atoms with van der Waals surface area (Å²) in [6.45, 7) is 16.9. The van der Waals surface area contributed by atoms with Crippen LogP contribution in [-0.4, -0.2) is 36.4 Å². The first-order chi connectivity index (χ1) is 18.9. The lowest BCUT2D eigenvalue weighted by Gasteiger charge is -2.39. The number of hydrogen-bond acceptors (Lipinski definition) is 8. The number of aromatic nitrogens is 3. The van der Waals surface area contributed by atoms with E-state index in [2.05, 4.69) is 86.5 Å². The SMILES string of the molecule is CCCCc1ncc(C#N)cc1Nc1nccc(-c2cc(C#N)c3c(c2)[C@@](C)(CO[Si](C)(C)C(C)(C)C)CN3)n1. The molecule has 1 aromatic carbocycles. The molecule has 0 fully saturated rings. The average molecular weight is 554 g/mol. The lowest BCUT2D eigenvalue weighted by Crippen LogP contribution is -2.45. The smallest absolute Gasteiger partial charge is 0.227 e. The van der Waals surface area contributed by atoms with Gasteiger partial charge >= 0.3 is 0 Å². The van der Waals surface area contributed by atoms with Crippen LogP contribution in [0.2, 0.25) is 18.1 Å². The first-order valence-corrected chi connectivity index (χ1v) is 16.8. The van der Waals surface area contributed by atoms with Gasteiger partial charge in [0.25, 0.3) is 0 Å². The molecule has 0 aliphatic carbocycles. The highest BCUT2D eigenvalue weighted by molar-refractivity contribution is 6.74. The van der Waals surface area contributed by atoms with Gasteiger partial charge in [-0.1, -0.05) is 41.0 Å². The van der Waals surface area contributed by atoms with Gasteiger partial charge in [0, 0.05) is 36.5 Å². The number of unbranched alkanes of at least 4 members (excludes halogenated alkanes) is 1. The molecule has 3 aromatic rings. The number of nitriles is 2. The van der Waals surface area contributed by atoms with E-state index < -0.39 is 8.32 Å². The number of nitrogens with one attached hydrogen (secondary N) is 2. The minimum atomic E-state index is -1.95. The van der Waals surface area contributed by atoms with Crippen LogP contribution < -0.4 is 10.6 Å². The van der Waals surface area contributed by atoms with Crippen LogP contribution in [0.4, 0.5) is 17.3 Å². The van der Waals surface area contributed by atoms with Crippen molar-refractivity contribution in [3.05, 3.63) is 59.0 Å². The number of anilines is 3. The molecule has 2 N–H and O–H groups in total. The van der Waals surface area contributed by atoms with Gasteiger partial charge in [-0.3, -0.25) is 4.98 Å². The summed E-state index contributed by atoms with van der Waals surface area (Å²) in [5.41, 5.74) is 5.89. The van der Waals surface area contributed by atoms with Crippen molar-refractivity contribution in [1.29, 1.82) is 10.5 Å². The highest BCUT2D eigenvalue weighted by Crippen LogP contribution is 2.44. The van der Waals surface area contributed by atoms with Crippen molar-refractivity contribution in [2.24, 2.45) is 0 Å². The molecule has 208 valence electrons. The van der Waals surface area contributed by atoms with Crippen LogP contribution in [0, 0.1) is 22.7 Å². The Balaban J connectivity index is 1.68. The molecular weight excluding hydrogens is 514 g/mol. The van der Waals surface area contributed by atoms with Gasteiger partial charge in [0.2, 0.25) is 5.95 Å². The second-order valence-corrected chi connectivity index (χ2v) is 17.2. The van der Waals surface area contributed by atoms with Crippen LogP contribution in [0.15, 0.2) is 36.7 Å². The summed E-state index contributed by atoms with van der Waals surface area (Å²) in [7, 11) is -1.95. The molecule has 9 heteroatoms. The zero-order chi connectivity index (χ0) is 29.1. The normalized spacial score (nSPS) is 16.5. The van der Waals surface area contributed by atoms with Crippen LogP contribution in [0.3, 0.4) is 0 Å². The Morgan fingerprint density at radius 1 is 1.15 bits per heavy atom. The molecule has 0 saturated carbocycles. The monoisotopic (exact) mass is 553 g/mol. The maximum Gasteiger partial charge on any atom is 0.227 e. The molecule has 0 spiro atoms. The van der Waals surface area contributed by atoms with E-state index in [-0.39, 0.29) is 10.5 Å². The van der Waals surface area contributed by atoms with Crippen LogP contribution in [0.1, 0.15) is 69.8 Å². The van der Waals surface area contributed by atoms with Gasteiger partial charge in [-0.15, -0.1) is 0 Å². The maximum absolute atomic E-state index is 10.0. The van der Waals surface area contributed by atoms with E-state index in [9.17, 15) is 10.5 Å². The van der Waals surface area contributed by atoms with Crippen molar-refractivity contribution in [3.8, 4) is 23.4 Å². The Labute approximate surface area is 239 Å². The second-order valence-electron chi connectivity index (χ2n) is 12.3. The summed E-state index contributed by atoms with van der Waals surface area (Å²) in [5, 5.41) is 26.3. The summed E-state index contributed by atoms with van der Waals surface area (Å²) >= 11 is 0. The molecule has 0 bridgehead atoms. The Bertz CT molecular complexity index is 1480. The van der Waals surface area contributed by atoms with Crippen molar-refractivity contribution >= 4 is 25.6 Å². The lowest BCUT2D eigenvalue weighted by atomic mass is 9.83. The summed E-state index contributed by atoms with van der Waals surface area (Å²) in [4.78, 5) is 13.7. The Morgan fingerprint density at radius 3 is 2.60 bits per heavy atom. The number of fused-ring (bicyclic) bond motifs is 1. The number of pyridine rings is 1. The summed E-state index contributed by atoms with van der Waals surface area (Å²) in [5.74, 6) is 0.410. The molecule has 1 aliphatic heterocycles. The molecule has 0 unspecified atom stereocenters. The number of benzene rings is 1. The van der Waals surface area contributed by atoms with E-state index in [4.69, 9.17) is 9.41 Å². The minimum absolute atomic E-state index is 0.112. The maximum atomic E-state index is 10.0. The first-order valence-electron chi connectivity index (χ1n) is 13.9. The van der Waals surface area contributed by atoms with Crippen molar-refractivity contribution in [2.45, 2.75) is 77.4 Å². The Hall–Kier alpha value is -3.79. The fourth-order valence-electron chi connectivity index (χ4n) is 4.51. The molecule has 2 aromatic heterocycles. The van der Waals surface area contributed by atoms with Gasteiger partial charge in [-0.25, -0.2) is 9.97 Å². The second kappa shape index (κ2) is 11.4. The molecule has 0 amide bonds. The quantitative estimate of drug-likeness (QED) is 0.270. The minimum Gasteiger partial charge on any atom is -0.416 e. The Kier molecular flexibility index (Phi) is 8.30. The summed E-state index contributed by atoms with van der Waals surface area (Å²) in [6.07, 6.45) is 6.13. The number of nitrogens with zero attached hydrogens (tertiary/aromatic N) is 5. The van der Waals surface area contributed by atoms with E-state index in [1.54, 1.807) is 18.5 Å². The largest absolute Gasteiger partial charge is 0.416 e. The van der Waals surface area contributed by atoms with Gasteiger partial charge in [-0.05, 0) is 60.8 Å². The van der Waals surface area contributed by atoms with Gasteiger partial charge in [-0.2, -0.15) is 10.5 Å². The zero-order valence-corrected chi connectivity index (χ0v) is 25.6. The van der Waals surface area contributed by atoms with E-state index in [1.165, 1.54) is 0 Å². The van der Waals surface area contributed by atoms with E-state index in [0.717, 1.165) is 47.5 Å². The van der Waals surface area contributed by atoms with Crippen molar-refractivity contribution in [1.82, 2.24) is 15.0 Å². The molecule has 8 nitrogen and oxygen atoms in total. The average Bonchev–Trinajstić information content (AvgIpc) is 3.27. The Morgan fingerprint density at radius 2 is 1.93 bits per heavy atom. The van der Waals surface area contributed by atoms with Crippen LogP contribution >= 0.6 is 0 Å². The van der Waals surface area contributed by atoms with Gasteiger partial charge in [0.15, 0.2) is 8.32 Å².